The number of nitro benzene ring substituents is 1. The third-order valence-corrected chi connectivity index (χ3v) is 5.26. The van der Waals surface area contributed by atoms with Gasteiger partial charge in [-0.15, -0.1) is 0 Å². The van der Waals surface area contributed by atoms with Gasteiger partial charge in [0.15, 0.2) is 0 Å². The number of non-ortho nitro benzene ring substituents is 1. The Hall–Kier alpha value is -1.43. The average molecular weight is 298 g/mol. The van der Waals surface area contributed by atoms with Crippen molar-refractivity contribution in [3.05, 3.63) is 28.3 Å². The van der Waals surface area contributed by atoms with E-state index >= 15 is 0 Å². The number of nitrogens with one attached hydrogen (secondary N) is 1. The third-order valence-electron chi connectivity index (χ3n) is 3.67. The largest absolute Gasteiger partial charge is 0.496 e. The average Bonchev–Trinajstić information content (AvgIpc) is 2.48. The summed E-state index contributed by atoms with van der Waals surface area (Å²) in [6.07, 6.45) is 4.19. The Labute approximate surface area is 124 Å². The van der Waals surface area contributed by atoms with E-state index in [9.17, 15) is 10.1 Å². The summed E-state index contributed by atoms with van der Waals surface area (Å²) in [6, 6.07) is 4.75. The van der Waals surface area contributed by atoms with E-state index in [-0.39, 0.29) is 10.4 Å². The maximum Gasteiger partial charge on any atom is 0.275 e. The zero-order valence-corrected chi connectivity index (χ0v) is 13.3. The van der Waals surface area contributed by atoms with Gasteiger partial charge >= 0.3 is 0 Å². The van der Waals surface area contributed by atoms with Gasteiger partial charge in [0.1, 0.15) is 5.75 Å². The standard InChI is InChI=1S/C14H22N2O3S/c1-5-14(6-2,20-4)10-15-11-7-12(16(17)18)9-13(8-11)19-3/h7-9,15H,5-6,10H2,1-4H3. The van der Waals surface area contributed by atoms with Crippen molar-refractivity contribution in [3.8, 4) is 5.75 Å². The molecule has 0 bridgehead atoms. The van der Waals surface area contributed by atoms with Gasteiger partial charge < -0.3 is 10.1 Å². The molecule has 1 aromatic carbocycles. The fourth-order valence-electron chi connectivity index (χ4n) is 2.03. The molecule has 0 saturated heterocycles. The van der Waals surface area contributed by atoms with Crippen molar-refractivity contribution in [2.24, 2.45) is 0 Å². The van der Waals surface area contributed by atoms with E-state index in [1.165, 1.54) is 13.2 Å². The maximum absolute atomic E-state index is 10.9. The minimum atomic E-state index is -0.408. The van der Waals surface area contributed by atoms with Gasteiger partial charge in [0.2, 0.25) is 0 Å². The molecule has 20 heavy (non-hydrogen) atoms. The Kier molecular flexibility index (Phi) is 6.13. The van der Waals surface area contributed by atoms with E-state index < -0.39 is 4.92 Å². The van der Waals surface area contributed by atoms with E-state index in [2.05, 4.69) is 25.4 Å². The zero-order chi connectivity index (χ0) is 15.2. The first-order chi connectivity index (χ1) is 9.50. The topological polar surface area (TPSA) is 64.4 Å². The van der Waals surface area contributed by atoms with Crippen LogP contribution in [0.25, 0.3) is 0 Å². The highest BCUT2D eigenvalue weighted by Crippen LogP contribution is 2.32. The predicted molar refractivity (Wildman–Crippen MR) is 85.0 cm³/mol. The number of rotatable bonds is 8. The Morgan fingerprint density at radius 3 is 2.45 bits per heavy atom. The highest BCUT2D eigenvalue weighted by molar-refractivity contribution is 8.00. The van der Waals surface area contributed by atoms with Crippen molar-refractivity contribution >= 4 is 23.1 Å². The smallest absolute Gasteiger partial charge is 0.275 e. The minimum absolute atomic E-state index is 0.0367. The van der Waals surface area contributed by atoms with Crippen LogP contribution in [-0.2, 0) is 0 Å². The Bertz CT molecular complexity index is 453. The summed E-state index contributed by atoms with van der Waals surface area (Å²) in [6.45, 7) is 5.09. The summed E-state index contributed by atoms with van der Waals surface area (Å²) in [5.41, 5.74) is 0.756. The number of nitro groups is 1. The number of nitrogens with zero attached hydrogens (tertiary/aromatic N) is 1. The minimum Gasteiger partial charge on any atom is -0.496 e. The number of hydrogen-bond acceptors (Lipinski definition) is 5. The predicted octanol–water partition coefficient (Wildman–Crippen LogP) is 3.94. The number of benzene rings is 1. The van der Waals surface area contributed by atoms with Gasteiger partial charge in [0, 0.05) is 29.1 Å². The van der Waals surface area contributed by atoms with Gasteiger partial charge in [0.25, 0.3) is 5.69 Å². The van der Waals surface area contributed by atoms with Gasteiger partial charge in [-0.2, -0.15) is 11.8 Å². The van der Waals surface area contributed by atoms with Crippen LogP contribution in [-0.4, -0.2) is 29.6 Å². The Morgan fingerprint density at radius 2 is 2.00 bits per heavy atom. The normalized spacial score (nSPS) is 11.2. The van der Waals surface area contributed by atoms with Gasteiger partial charge in [-0.1, -0.05) is 13.8 Å². The van der Waals surface area contributed by atoms with Gasteiger partial charge in [-0.05, 0) is 19.1 Å². The number of methoxy groups -OCH3 is 1. The van der Waals surface area contributed by atoms with E-state index in [1.807, 2.05) is 11.8 Å². The summed E-state index contributed by atoms with van der Waals surface area (Å²) in [4.78, 5) is 10.5. The van der Waals surface area contributed by atoms with Crippen molar-refractivity contribution in [3.63, 3.8) is 0 Å². The second kappa shape index (κ2) is 7.38. The molecule has 1 aromatic rings. The molecular weight excluding hydrogens is 276 g/mol. The lowest BCUT2D eigenvalue weighted by Crippen LogP contribution is -2.31. The second-order valence-electron chi connectivity index (χ2n) is 4.62. The first kappa shape index (κ1) is 16.6. The van der Waals surface area contributed by atoms with Crippen molar-refractivity contribution in [2.45, 2.75) is 31.4 Å². The molecule has 0 aliphatic carbocycles. The Morgan fingerprint density at radius 1 is 1.35 bits per heavy atom. The third kappa shape index (κ3) is 4.03. The van der Waals surface area contributed by atoms with E-state index in [1.54, 1.807) is 12.1 Å². The number of thioether (sulfide) groups is 1. The molecule has 6 heteroatoms. The molecule has 0 atom stereocenters. The van der Waals surface area contributed by atoms with Crippen molar-refractivity contribution < 1.29 is 9.66 Å². The summed E-state index contributed by atoms with van der Waals surface area (Å²) < 4.78 is 5.26. The molecule has 0 unspecified atom stereocenters. The van der Waals surface area contributed by atoms with Crippen LogP contribution in [0.1, 0.15) is 26.7 Å². The molecule has 0 aromatic heterocycles. The van der Waals surface area contributed by atoms with Crippen molar-refractivity contribution in [1.82, 2.24) is 0 Å². The van der Waals surface area contributed by atoms with Crippen molar-refractivity contribution in [2.75, 3.05) is 25.2 Å². The number of anilines is 1. The van der Waals surface area contributed by atoms with Crippen LogP contribution in [0, 0.1) is 10.1 Å². The number of ether oxygens (including phenoxy) is 1. The fourth-order valence-corrected chi connectivity index (χ4v) is 2.83. The molecule has 0 saturated carbocycles. The lowest BCUT2D eigenvalue weighted by molar-refractivity contribution is -0.384. The summed E-state index contributed by atoms with van der Waals surface area (Å²) in [7, 11) is 1.51. The Balaban J connectivity index is 2.91. The SMILES string of the molecule is CCC(CC)(CNc1cc(OC)cc([N+](=O)[O-])c1)SC. The summed E-state index contributed by atoms with van der Waals surface area (Å²) >= 11 is 1.83. The van der Waals surface area contributed by atoms with Gasteiger partial charge in [-0.25, -0.2) is 0 Å². The fraction of sp³-hybridized carbons (Fsp3) is 0.571. The first-order valence-corrected chi connectivity index (χ1v) is 7.85. The second-order valence-corrected chi connectivity index (χ2v) is 5.90. The molecule has 0 aliphatic heterocycles. The van der Waals surface area contributed by atoms with Crippen molar-refractivity contribution in [1.29, 1.82) is 0 Å². The molecule has 0 amide bonds. The van der Waals surface area contributed by atoms with E-state index in [0.717, 1.165) is 25.1 Å². The molecule has 112 valence electrons. The number of hydrogen-bond donors (Lipinski definition) is 1. The highest BCUT2D eigenvalue weighted by Gasteiger charge is 2.24. The molecule has 0 spiro atoms. The molecular formula is C14H22N2O3S. The molecule has 0 heterocycles. The van der Waals surface area contributed by atoms with Gasteiger partial charge in [0.05, 0.1) is 18.1 Å². The monoisotopic (exact) mass is 298 g/mol. The van der Waals surface area contributed by atoms with Crippen LogP contribution >= 0.6 is 11.8 Å². The van der Waals surface area contributed by atoms with Gasteiger partial charge in [-0.3, -0.25) is 10.1 Å². The molecule has 0 radical (unpaired) electrons. The quantitative estimate of drug-likeness (QED) is 0.582. The summed E-state index contributed by atoms with van der Waals surface area (Å²) in [5.74, 6) is 0.490. The maximum atomic E-state index is 10.9. The molecule has 0 aliphatic rings. The lowest BCUT2D eigenvalue weighted by atomic mass is 10.0. The molecule has 1 N–H and O–H groups in total. The van der Waals surface area contributed by atoms with E-state index in [0.29, 0.717) is 5.75 Å². The van der Waals surface area contributed by atoms with E-state index in [4.69, 9.17) is 4.74 Å². The highest BCUT2D eigenvalue weighted by atomic mass is 32.2. The molecule has 0 fully saturated rings. The van der Waals surface area contributed by atoms with Crippen LogP contribution in [0.3, 0.4) is 0 Å². The molecule has 5 nitrogen and oxygen atoms in total. The van der Waals surface area contributed by atoms with Crippen LogP contribution in [0.2, 0.25) is 0 Å². The zero-order valence-electron chi connectivity index (χ0n) is 12.4. The van der Waals surface area contributed by atoms with Crippen LogP contribution in [0.4, 0.5) is 11.4 Å². The lowest BCUT2D eigenvalue weighted by Gasteiger charge is -2.30. The van der Waals surface area contributed by atoms with Crippen LogP contribution < -0.4 is 10.1 Å². The first-order valence-electron chi connectivity index (χ1n) is 6.62. The van der Waals surface area contributed by atoms with Crippen LogP contribution in [0.15, 0.2) is 18.2 Å². The summed E-state index contributed by atoms with van der Waals surface area (Å²) in [5, 5.41) is 14.2. The molecule has 1 rings (SSSR count). The van der Waals surface area contributed by atoms with Crippen LogP contribution in [0.5, 0.6) is 5.75 Å².